The summed E-state index contributed by atoms with van der Waals surface area (Å²) in [7, 11) is 0. The van der Waals surface area contributed by atoms with E-state index >= 15 is 0 Å². The summed E-state index contributed by atoms with van der Waals surface area (Å²) in [5, 5.41) is 12.9. The standard InChI is InChI=1S/C25H44N2O4/c1-6-7-15-26-23(28)14-13-20(18(2)3)17-22-21(16-19-11-9-8-10-12-19)27(24(29)30)25(4,5)31-22/h13-14,18-22H,6-12,15-17H2,1-5H3,(H,26,28)(H,29,30)/t20-,21-,22-/m0/s1. The van der Waals surface area contributed by atoms with Crippen molar-refractivity contribution in [1.29, 1.82) is 0 Å². The van der Waals surface area contributed by atoms with Crippen LogP contribution in [0.4, 0.5) is 4.79 Å². The van der Waals surface area contributed by atoms with Crippen LogP contribution in [0.25, 0.3) is 0 Å². The molecule has 0 spiro atoms. The molecule has 0 bridgehead atoms. The molecule has 31 heavy (non-hydrogen) atoms. The van der Waals surface area contributed by atoms with E-state index < -0.39 is 11.8 Å². The van der Waals surface area contributed by atoms with Gasteiger partial charge in [-0.05, 0) is 56.9 Å². The summed E-state index contributed by atoms with van der Waals surface area (Å²) in [6, 6.07) is -0.136. The second-order valence-electron chi connectivity index (χ2n) is 10.2. The lowest BCUT2D eigenvalue weighted by Gasteiger charge is -2.34. The minimum atomic E-state index is -0.903. The number of carboxylic acid groups (broad SMARTS) is 1. The number of allylic oxidation sites excluding steroid dienone is 1. The number of hydrogen-bond donors (Lipinski definition) is 2. The molecule has 2 N–H and O–H groups in total. The van der Waals surface area contributed by atoms with Crippen molar-refractivity contribution in [3.05, 3.63) is 12.2 Å². The number of carbonyl (C=O) groups excluding carboxylic acids is 1. The first kappa shape index (κ1) is 25.7. The van der Waals surface area contributed by atoms with Crippen LogP contribution in [0.3, 0.4) is 0 Å². The Hall–Kier alpha value is -1.56. The highest BCUT2D eigenvalue weighted by atomic mass is 16.6. The number of nitrogens with one attached hydrogen (secondary N) is 1. The predicted molar refractivity (Wildman–Crippen MR) is 124 cm³/mol. The zero-order valence-corrected chi connectivity index (χ0v) is 20.2. The van der Waals surface area contributed by atoms with Gasteiger partial charge in [0.15, 0.2) is 0 Å². The van der Waals surface area contributed by atoms with Crippen LogP contribution in [0.5, 0.6) is 0 Å². The average molecular weight is 437 g/mol. The molecule has 6 heteroatoms. The third-order valence-electron chi connectivity index (χ3n) is 6.97. The van der Waals surface area contributed by atoms with Crippen LogP contribution >= 0.6 is 0 Å². The fourth-order valence-electron chi connectivity index (χ4n) is 5.17. The minimum Gasteiger partial charge on any atom is -0.465 e. The Labute approximate surface area is 188 Å². The maximum atomic E-state index is 12.2. The van der Waals surface area contributed by atoms with E-state index in [1.54, 1.807) is 11.0 Å². The molecular formula is C25H44N2O4. The summed E-state index contributed by atoms with van der Waals surface area (Å²) < 4.78 is 6.35. The topological polar surface area (TPSA) is 78.9 Å². The van der Waals surface area contributed by atoms with Crippen molar-refractivity contribution in [2.24, 2.45) is 17.8 Å². The average Bonchev–Trinajstić information content (AvgIpc) is 2.95. The van der Waals surface area contributed by atoms with Gasteiger partial charge >= 0.3 is 6.09 Å². The number of unbranched alkanes of at least 4 members (excludes halogenated alkanes) is 1. The fourth-order valence-corrected chi connectivity index (χ4v) is 5.17. The minimum absolute atomic E-state index is 0.0577. The van der Waals surface area contributed by atoms with Crippen LogP contribution in [0.15, 0.2) is 12.2 Å². The second kappa shape index (κ2) is 11.9. The molecule has 1 saturated carbocycles. The van der Waals surface area contributed by atoms with Gasteiger partial charge in [-0.1, -0.05) is 65.4 Å². The summed E-state index contributed by atoms with van der Waals surface area (Å²) in [6.07, 6.45) is 12.3. The first-order chi connectivity index (χ1) is 14.7. The van der Waals surface area contributed by atoms with Gasteiger partial charge in [-0.15, -0.1) is 0 Å². The Bertz CT molecular complexity index is 611. The van der Waals surface area contributed by atoms with Crippen LogP contribution in [-0.4, -0.2) is 46.4 Å². The first-order valence-corrected chi connectivity index (χ1v) is 12.3. The molecule has 2 rings (SSSR count). The molecule has 1 heterocycles. The van der Waals surface area contributed by atoms with Gasteiger partial charge in [0.2, 0.25) is 5.91 Å². The largest absolute Gasteiger partial charge is 0.465 e. The van der Waals surface area contributed by atoms with Crippen molar-refractivity contribution in [3.63, 3.8) is 0 Å². The van der Waals surface area contributed by atoms with Crippen molar-refractivity contribution in [2.45, 2.75) is 110 Å². The number of hydrogen-bond acceptors (Lipinski definition) is 3. The predicted octanol–water partition coefficient (Wildman–Crippen LogP) is 5.58. The van der Waals surface area contributed by atoms with E-state index in [9.17, 15) is 14.7 Å². The van der Waals surface area contributed by atoms with Crippen LogP contribution in [0, 0.1) is 17.8 Å². The maximum absolute atomic E-state index is 12.2. The third-order valence-corrected chi connectivity index (χ3v) is 6.97. The molecule has 2 amide bonds. The molecule has 2 fully saturated rings. The Morgan fingerprint density at radius 3 is 2.48 bits per heavy atom. The Balaban J connectivity index is 2.12. The zero-order chi connectivity index (χ0) is 23.0. The van der Waals surface area contributed by atoms with Gasteiger partial charge in [-0.25, -0.2) is 4.79 Å². The normalized spacial score (nSPS) is 25.3. The van der Waals surface area contributed by atoms with Crippen LogP contribution in [0.1, 0.15) is 92.4 Å². The molecular weight excluding hydrogens is 392 g/mol. The summed E-state index contributed by atoms with van der Waals surface area (Å²) in [6.45, 7) is 10.8. The smallest absolute Gasteiger partial charge is 0.409 e. The molecule has 2 aliphatic rings. The lowest BCUT2D eigenvalue weighted by atomic mass is 9.81. The van der Waals surface area contributed by atoms with Gasteiger partial charge in [0, 0.05) is 6.54 Å². The van der Waals surface area contributed by atoms with E-state index in [2.05, 4.69) is 26.1 Å². The first-order valence-electron chi connectivity index (χ1n) is 12.3. The van der Waals surface area contributed by atoms with Gasteiger partial charge < -0.3 is 15.2 Å². The molecule has 1 aliphatic carbocycles. The van der Waals surface area contributed by atoms with E-state index in [4.69, 9.17) is 4.74 Å². The number of rotatable bonds is 10. The summed E-state index contributed by atoms with van der Waals surface area (Å²) in [4.78, 5) is 25.8. The van der Waals surface area contributed by atoms with Crippen molar-refractivity contribution in [1.82, 2.24) is 10.2 Å². The molecule has 0 aromatic rings. The van der Waals surface area contributed by atoms with Gasteiger partial charge in [0.05, 0.1) is 12.1 Å². The number of amides is 2. The van der Waals surface area contributed by atoms with Gasteiger partial charge in [0.25, 0.3) is 0 Å². The molecule has 0 radical (unpaired) electrons. The fraction of sp³-hybridized carbons (Fsp3) is 0.840. The van der Waals surface area contributed by atoms with Crippen LogP contribution in [-0.2, 0) is 9.53 Å². The highest BCUT2D eigenvalue weighted by molar-refractivity contribution is 5.87. The molecule has 0 aromatic carbocycles. The maximum Gasteiger partial charge on any atom is 0.409 e. The van der Waals surface area contributed by atoms with Crippen LogP contribution in [0.2, 0.25) is 0 Å². The second-order valence-corrected chi connectivity index (χ2v) is 10.2. The monoisotopic (exact) mass is 436 g/mol. The van der Waals surface area contributed by atoms with Gasteiger partial charge in [-0.2, -0.15) is 0 Å². The van der Waals surface area contributed by atoms with Crippen molar-refractivity contribution in [3.8, 4) is 0 Å². The van der Waals surface area contributed by atoms with Crippen molar-refractivity contribution >= 4 is 12.0 Å². The quantitative estimate of drug-likeness (QED) is 0.346. The Morgan fingerprint density at radius 1 is 1.23 bits per heavy atom. The van der Waals surface area contributed by atoms with Gasteiger partial charge in [0.1, 0.15) is 5.72 Å². The molecule has 178 valence electrons. The van der Waals surface area contributed by atoms with Crippen LogP contribution < -0.4 is 5.32 Å². The van der Waals surface area contributed by atoms with Gasteiger partial charge in [-0.3, -0.25) is 9.69 Å². The molecule has 0 aromatic heterocycles. The Kier molecular flexibility index (Phi) is 9.86. The number of carbonyl (C=O) groups is 2. The number of ether oxygens (including phenoxy) is 1. The van der Waals surface area contributed by atoms with E-state index in [1.807, 2.05) is 19.9 Å². The zero-order valence-electron chi connectivity index (χ0n) is 20.2. The molecule has 1 aliphatic heterocycles. The highest BCUT2D eigenvalue weighted by Gasteiger charge is 2.50. The lowest BCUT2D eigenvalue weighted by molar-refractivity contribution is -0.116. The van der Waals surface area contributed by atoms with E-state index in [0.717, 1.165) is 25.7 Å². The molecule has 3 atom stereocenters. The Morgan fingerprint density at radius 2 is 1.90 bits per heavy atom. The molecule has 6 nitrogen and oxygen atoms in total. The van der Waals surface area contributed by atoms with Crippen molar-refractivity contribution in [2.75, 3.05) is 6.54 Å². The summed E-state index contributed by atoms with van der Waals surface area (Å²) >= 11 is 0. The summed E-state index contributed by atoms with van der Waals surface area (Å²) in [5.74, 6) is 0.997. The van der Waals surface area contributed by atoms with E-state index in [-0.39, 0.29) is 24.0 Å². The molecule has 0 unspecified atom stereocenters. The van der Waals surface area contributed by atoms with E-state index in [1.165, 1.54) is 32.1 Å². The van der Waals surface area contributed by atoms with E-state index in [0.29, 0.717) is 18.4 Å². The third kappa shape index (κ3) is 7.51. The SMILES string of the molecule is CCCCNC(=O)C=C[C@@H](C[C@@H]1OC(C)(C)N(C(=O)O)[C@H]1CC1CCCCC1)C(C)C. The highest BCUT2D eigenvalue weighted by Crippen LogP contribution is 2.41. The number of nitrogens with zero attached hydrogens (tertiary/aromatic N) is 1. The summed E-state index contributed by atoms with van der Waals surface area (Å²) in [5.41, 5.74) is -0.835. The lowest BCUT2D eigenvalue weighted by Crippen LogP contribution is -2.48. The molecule has 1 saturated heterocycles. The van der Waals surface area contributed by atoms with Crippen molar-refractivity contribution < 1.29 is 19.4 Å².